The van der Waals surface area contributed by atoms with E-state index in [2.05, 4.69) is 20.8 Å². The van der Waals surface area contributed by atoms with Crippen LogP contribution in [0.15, 0.2) is 22.7 Å². The van der Waals surface area contributed by atoms with E-state index in [0.29, 0.717) is 0 Å². The summed E-state index contributed by atoms with van der Waals surface area (Å²) in [5.41, 5.74) is 1.03. The molecule has 18 heavy (non-hydrogen) atoms. The van der Waals surface area contributed by atoms with Gasteiger partial charge in [0.2, 0.25) is 0 Å². The van der Waals surface area contributed by atoms with Crippen LogP contribution < -0.4 is 0 Å². The zero-order valence-electron chi connectivity index (χ0n) is 10.1. The van der Waals surface area contributed by atoms with Crippen molar-refractivity contribution < 1.29 is 14.3 Å². The lowest BCUT2D eigenvalue weighted by Crippen LogP contribution is -2.50. The van der Waals surface area contributed by atoms with Gasteiger partial charge in [0.15, 0.2) is 0 Å². The Balaban J connectivity index is 1.88. The highest BCUT2D eigenvalue weighted by atomic mass is 79.9. The molecule has 0 aromatic heterocycles. The van der Waals surface area contributed by atoms with Gasteiger partial charge in [-0.25, -0.2) is 4.39 Å². The Labute approximate surface area is 114 Å². The molecule has 3 nitrogen and oxygen atoms in total. The third kappa shape index (κ3) is 2.90. The zero-order chi connectivity index (χ0) is 13.3. The predicted octanol–water partition coefficient (Wildman–Crippen LogP) is 2.74. The molecule has 1 unspecified atom stereocenters. The van der Waals surface area contributed by atoms with Crippen molar-refractivity contribution in [2.45, 2.75) is 13.5 Å². The van der Waals surface area contributed by atoms with E-state index < -0.39 is 5.97 Å². The Morgan fingerprint density at radius 2 is 2.28 bits per heavy atom. The second kappa shape index (κ2) is 5.36. The molecule has 0 spiro atoms. The SMILES string of the molecule is CC(C(=O)O)C1CN(Cc2ccc(F)cc2Br)C1. The molecule has 0 radical (unpaired) electrons. The number of aliphatic carboxylic acids is 1. The third-order valence-electron chi connectivity index (χ3n) is 3.49. The molecule has 5 heteroatoms. The minimum Gasteiger partial charge on any atom is -0.481 e. The van der Waals surface area contributed by atoms with E-state index in [-0.39, 0.29) is 17.7 Å². The quantitative estimate of drug-likeness (QED) is 0.928. The van der Waals surface area contributed by atoms with Crippen molar-refractivity contribution in [2.75, 3.05) is 13.1 Å². The van der Waals surface area contributed by atoms with E-state index in [1.54, 1.807) is 13.0 Å². The average molecular weight is 316 g/mol. The minimum atomic E-state index is -0.734. The van der Waals surface area contributed by atoms with Gasteiger partial charge in [0.1, 0.15) is 5.82 Å². The second-order valence-corrected chi connectivity index (χ2v) is 5.67. The van der Waals surface area contributed by atoms with Gasteiger partial charge in [0.05, 0.1) is 5.92 Å². The molecule has 1 N–H and O–H groups in total. The predicted molar refractivity (Wildman–Crippen MR) is 69.7 cm³/mol. The summed E-state index contributed by atoms with van der Waals surface area (Å²) < 4.78 is 13.7. The standard InChI is InChI=1S/C13H15BrFNO2/c1-8(13(17)18)10-6-16(7-10)5-9-2-3-11(15)4-12(9)14/h2-4,8,10H,5-7H2,1H3,(H,17,18). The second-order valence-electron chi connectivity index (χ2n) is 4.82. The van der Waals surface area contributed by atoms with Crippen molar-refractivity contribution in [1.82, 2.24) is 4.90 Å². The van der Waals surface area contributed by atoms with Gasteiger partial charge in [-0.2, -0.15) is 0 Å². The number of likely N-dealkylation sites (tertiary alicyclic amines) is 1. The van der Waals surface area contributed by atoms with Crippen LogP contribution in [0.3, 0.4) is 0 Å². The van der Waals surface area contributed by atoms with Crippen molar-refractivity contribution in [3.8, 4) is 0 Å². The molecule has 1 aromatic rings. The van der Waals surface area contributed by atoms with Gasteiger partial charge in [-0.1, -0.05) is 28.9 Å². The Hall–Kier alpha value is -0.940. The Morgan fingerprint density at radius 1 is 1.61 bits per heavy atom. The van der Waals surface area contributed by atoms with E-state index in [4.69, 9.17) is 5.11 Å². The molecule has 1 heterocycles. The lowest BCUT2D eigenvalue weighted by atomic mass is 9.87. The molecule has 1 aliphatic rings. The van der Waals surface area contributed by atoms with Crippen LogP contribution in [-0.2, 0) is 11.3 Å². The van der Waals surface area contributed by atoms with Gasteiger partial charge < -0.3 is 5.11 Å². The minimum absolute atomic E-state index is 0.224. The molecule has 2 rings (SSSR count). The molecular weight excluding hydrogens is 301 g/mol. The van der Waals surface area contributed by atoms with Crippen LogP contribution in [0.2, 0.25) is 0 Å². The van der Waals surface area contributed by atoms with Gasteiger partial charge >= 0.3 is 5.97 Å². The van der Waals surface area contributed by atoms with Crippen molar-refractivity contribution in [3.63, 3.8) is 0 Å². The van der Waals surface area contributed by atoms with Crippen LogP contribution in [0, 0.1) is 17.7 Å². The first-order valence-electron chi connectivity index (χ1n) is 5.86. The molecule has 1 atom stereocenters. The van der Waals surface area contributed by atoms with Gasteiger partial charge in [0.25, 0.3) is 0 Å². The largest absolute Gasteiger partial charge is 0.481 e. The number of halogens is 2. The summed E-state index contributed by atoms with van der Waals surface area (Å²) in [6, 6.07) is 4.65. The summed E-state index contributed by atoms with van der Waals surface area (Å²) in [6.07, 6.45) is 0. The number of nitrogens with zero attached hydrogens (tertiary/aromatic N) is 1. The molecule has 98 valence electrons. The first kappa shape index (κ1) is 13.5. The maximum atomic E-state index is 12.9. The number of carboxylic acids is 1. The van der Waals surface area contributed by atoms with Crippen molar-refractivity contribution in [3.05, 3.63) is 34.1 Å². The lowest BCUT2D eigenvalue weighted by molar-refractivity contribution is -0.145. The first-order valence-corrected chi connectivity index (χ1v) is 6.65. The summed E-state index contributed by atoms with van der Waals surface area (Å²) in [6.45, 7) is 4.05. The van der Waals surface area contributed by atoms with E-state index in [1.165, 1.54) is 12.1 Å². The van der Waals surface area contributed by atoms with E-state index in [1.807, 2.05) is 0 Å². The lowest BCUT2D eigenvalue weighted by Gasteiger charge is -2.41. The van der Waals surface area contributed by atoms with E-state index >= 15 is 0 Å². The number of hydrogen-bond acceptors (Lipinski definition) is 2. The van der Waals surface area contributed by atoms with Crippen LogP contribution >= 0.6 is 15.9 Å². The molecular formula is C13H15BrFNO2. The zero-order valence-corrected chi connectivity index (χ0v) is 11.7. The fraction of sp³-hybridized carbons (Fsp3) is 0.462. The molecule has 1 fully saturated rings. The third-order valence-corrected chi connectivity index (χ3v) is 4.23. The highest BCUT2D eigenvalue weighted by Crippen LogP contribution is 2.27. The summed E-state index contributed by atoms with van der Waals surface area (Å²) in [5, 5.41) is 8.90. The van der Waals surface area contributed by atoms with Crippen LogP contribution in [0.25, 0.3) is 0 Å². The molecule has 0 amide bonds. The number of hydrogen-bond donors (Lipinski definition) is 1. The molecule has 0 saturated carbocycles. The average Bonchev–Trinajstić information content (AvgIpc) is 2.24. The summed E-state index contributed by atoms with van der Waals surface area (Å²) in [4.78, 5) is 13.0. The van der Waals surface area contributed by atoms with Gasteiger partial charge in [-0.3, -0.25) is 9.69 Å². The monoisotopic (exact) mass is 315 g/mol. The van der Waals surface area contributed by atoms with Crippen LogP contribution in [-0.4, -0.2) is 29.1 Å². The number of benzene rings is 1. The van der Waals surface area contributed by atoms with Crippen molar-refractivity contribution >= 4 is 21.9 Å². The van der Waals surface area contributed by atoms with Crippen LogP contribution in [0.5, 0.6) is 0 Å². The van der Waals surface area contributed by atoms with Crippen molar-refractivity contribution in [2.24, 2.45) is 11.8 Å². The maximum Gasteiger partial charge on any atom is 0.306 e. The Bertz CT molecular complexity index is 460. The first-order chi connectivity index (χ1) is 8.47. The van der Waals surface area contributed by atoms with Gasteiger partial charge in [-0.05, 0) is 23.6 Å². The Kier molecular flexibility index (Phi) is 4.02. The fourth-order valence-corrected chi connectivity index (χ4v) is 2.62. The molecule has 1 aromatic carbocycles. The maximum absolute atomic E-state index is 12.9. The number of rotatable bonds is 4. The molecule has 0 bridgehead atoms. The smallest absolute Gasteiger partial charge is 0.306 e. The molecule has 1 saturated heterocycles. The van der Waals surface area contributed by atoms with Crippen LogP contribution in [0.4, 0.5) is 4.39 Å². The molecule has 0 aliphatic carbocycles. The molecule has 1 aliphatic heterocycles. The summed E-state index contributed by atoms with van der Waals surface area (Å²) in [7, 11) is 0. The van der Waals surface area contributed by atoms with E-state index in [9.17, 15) is 9.18 Å². The summed E-state index contributed by atoms with van der Waals surface area (Å²) in [5.74, 6) is -1.06. The highest BCUT2D eigenvalue weighted by Gasteiger charge is 2.34. The topological polar surface area (TPSA) is 40.5 Å². The number of carbonyl (C=O) groups is 1. The fourth-order valence-electron chi connectivity index (χ4n) is 2.15. The highest BCUT2D eigenvalue weighted by molar-refractivity contribution is 9.10. The van der Waals surface area contributed by atoms with E-state index in [0.717, 1.165) is 29.7 Å². The summed E-state index contributed by atoms with van der Waals surface area (Å²) >= 11 is 3.34. The van der Waals surface area contributed by atoms with Crippen molar-refractivity contribution in [1.29, 1.82) is 0 Å². The normalized spacial score (nSPS) is 18.4. The Morgan fingerprint density at radius 3 is 2.83 bits per heavy atom. The van der Waals surface area contributed by atoms with Crippen LogP contribution in [0.1, 0.15) is 12.5 Å². The van der Waals surface area contributed by atoms with Gasteiger partial charge in [0, 0.05) is 24.1 Å². The van der Waals surface area contributed by atoms with Gasteiger partial charge in [-0.15, -0.1) is 0 Å². The number of carboxylic acid groups (broad SMARTS) is 1.